The largest absolute Gasteiger partial charge is 0.353 e. The van der Waals surface area contributed by atoms with Gasteiger partial charge < -0.3 is 9.80 Å². The van der Waals surface area contributed by atoms with Crippen LogP contribution in [0.3, 0.4) is 0 Å². The molecule has 0 aliphatic heterocycles. The first-order valence-corrected chi connectivity index (χ1v) is 9.55. The van der Waals surface area contributed by atoms with Gasteiger partial charge in [-0.05, 0) is 51.5 Å². The van der Waals surface area contributed by atoms with E-state index in [0.717, 1.165) is 29.0 Å². The molecule has 0 aliphatic carbocycles. The Labute approximate surface area is 143 Å². The molecule has 0 spiro atoms. The van der Waals surface area contributed by atoms with Crippen molar-refractivity contribution in [2.24, 2.45) is 9.98 Å². The highest BCUT2D eigenvalue weighted by Crippen LogP contribution is 1.98. The van der Waals surface area contributed by atoms with E-state index in [1.807, 2.05) is 38.0 Å². The maximum Gasteiger partial charge on any atom is 0.204 e. The van der Waals surface area contributed by atoms with Gasteiger partial charge in [0.05, 0.1) is 0 Å². The predicted octanol–water partition coefficient (Wildman–Crippen LogP) is 1.91. The van der Waals surface area contributed by atoms with Crippen LogP contribution in [-0.2, 0) is 6.54 Å². The normalized spacial score (nSPS) is 12.6. The van der Waals surface area contributed by atoms with Gasteiger partial charge in [0.15, 0.2) is 10.2 Å². The molecule has 0 radical (unpaired) electrons. The van der Waals surface area contributed by atoms with Crippen molar-refractivity contribution in [1.29, 1.82) is 0 Å². The second kappa shape index (κ2) is 8.72. The Morgan fingerprint density at radius 2 is 1.43 bits per heavy atom. The zero-order chi connectivity index (χ0) is 16.0. The molecule has 0 unspecified atom stereocenters. The standard InChI is InChI=1S/C12H21N5S4/c1-6-7-8-17-11(13-9(18)15(2)3)20-21-12(17)14-10(19)16(4)5/h6-8H2,1-5H3/b13-11-,14-12-. The lowest BCUT2D eigenvalue weighted by atomic mass is 10.3. The van der Waals surface area contributed by atoms with E-state index in [1.165, 1.54) is 0 Å². The van der Waals surface area contributed by atoms with E-state index >= 15 is 0 Å². The van der Waals surface area contributed by atoms with Crippen LogP contribution in [0.4, 0.5) is 0 Å². The molecule has 5 nitrogen and oxygen atoms in total. The zero-order valence-electron chi connectivity index (χ0n) is 13.0. The van der Waals surface area contributed by atoms with Gasteiger partial charge in [-0.3, -0.25) is 4.57 Å². The Kier molecular flexibility index (Phi) is 7.64. The number of rotatable bonds is 3. The summed E-state index contributed by atoms with van der Waals surface area (Å²) in [6.07, 6.45) is 2.19. The molecule has 9 heteroatoms. The van der Waals surface area contributed by atoms with Crippen molar-refractivity contribution in [3.8, 4) is 0 Å². The summed E-state index contributed by atoms with van der Waals surface area (Å²) in [5.41, 5.74) is 0. The Balaban J connectivity index is 3.32. The first-order valence-electron chi connectivity index (χ1n) is 6.58. The quantitative estimate of drug-likeness (QED) is 0.607. The minimum atomic E-state index is 0.566. The topological polar surface area (TPSA) is 36.1 Å². The Morgan fingerprint density at radius 1 is 1.00 bits per heavy atom. The van der Waals surface area contributed by atoms with Gasteiger partial charge in [-0.25, -0.2) is 0 Å². The highest BCUT2D eigenvalue weighted by atomic mass is 32.9. The van der Waals surface area contributed by atoms with Crippen molar-refractivity contribution in [2.75, 3.05) is 28.2 Å². The van der Waals surface area contributed by atoms with Gasteiger partial charge in [0.25, 0.3) is 0 Å². The van der Waals surface area contributed by atoms with Gasteiger partial charge in [-0.15, -0.1) is 0 Å². The monoisotopic (exact) mass is 363 g/mol. The lowest BCUT2D eigenvalue weighted by Crippen LogP contribution is -2.31. The van der Waals surface area contributed by atoms with E-state index < -0.39 is 0 Å². The molecule has 1 heterocycles. The van der Waals surface area contributed by atoms with Crippen LogP contribution < -0.4 is 9.60 Å². The molecule has 1 rings (SSSR count). The summed E-state index contributed by atoms with van der Waals surface area (Å²) < 4.78 is 2.10. The van der Waals surface area contributed by atoms with Gasteiger partial charge in [-0.2, -0.15) is 9.98 Å². The summed E-state index contributed by atoms with van der Waals surface area (Å²) in [6.45, 7) is 3.04. The fourth-order valence-electron chi connectivity index (χ4n) is 1.28. The third-order valence-corrected chi connectivity index (χ3v) is 5.60. The summed E-state index contributed by atoms with van der Waals surface area (Å²) >= 11 is 10.5. The summed E-state index contributed by atoms with van der Waals surface area (Å²) in [6, 6.07) is 0. The number of aromatic nitrogens is 1. The summed E-state index contributed by atoms with van der Waals surface area (Å²) in [5, 5.41) is 1.13. The lowest BCUT2D eigenvalue weighted by molar-refractivity contribution is 0.589. The van der Waals surface area contributed by atoms with Crippen LogP contribution in [0.15, 0.2) is 9.98 Å². The van der Waals surface area contributed by atoms with Crippen LogP contribution in [0.1, 0.15) is 19.8 Å². The fraction of sp³-hybridized carbons (Fsp3) is 0.667. The molecule has 21 heavy (non-hydrogen) atoms. The number of thiocarbonyl (C=S) groups is 2. The van der Waals surface area contributed by atoms with Gasteiger partial charge in [0.2, 0.25) is 9.60 Å². The highest BCUT2D eigenvalue weighted by molar-refractivity contribution is 7.80. The predicted molar refractivity (Wildman–Crippen MR) is 98.8 cm³/mol. The molecule has 1 aromatic rings. The number of unbranched alkanes of at least 4 members (excludes halogenated alkanes) is 1. The van der Waals surface area contributed by atoms with E-state index in [4.69, 9.17) is 24.4 Å². The fourth-order valence-corrected chi connectivity index (χ4v) is 3.76. The smallest absolute Gasteiger partial charge is 0.204 e. The summed E-state index contributed by atoms with van der Waals surface area (Å²) in [7, 11) is 10.7. The second-order valence-electron chi connectivity index (χ2n) is 4.81. The number of hydrogen-bond donors (Lipinski definition) is 0. The molecule has 0 fully saturated rings. The van der Waals surface area contributed by atoms with Gasteiger partial charge in [0.1, 0.15) is 0 Å². The second-order valence-corrected chi connectivity index (χ2v) is 7.61. The molecule has 118 valence electrons. The van der Waals surface area contributed by atoms with Crippen molar-refractivity contribution in [3.63, 3.8) is 0 Å². The molecule has 0 aliphatic rings. The van der Waals surface area contributed by atoms with E-state index in [1.54, 1.807) is 20.7 Å². The SMILES string of the molecule is CCCCn1/c(=N/C(=S)N(C)C)ss/c1=N\C(=S)N(C)C. The van der Waals surface area contributed by atoms with Gasteiger partial charge in [-0.1, -0.05) is 13.3 Å². The van der Waals surface area contributed by atoms with Crippen LogP contribution in [0.5, 0.6) is 0 Å². The summed E-state index contributed by atoms with van der Waals surface area (Å²) in [4.78, 5) is 14.4. The van der Waals surface area contributed by atoms with Crippen LogP contribution in [0, 0.1) is 0 Å². The average Bonchev–Trinajstić information content (AvgIpc) is 2.78. The van der Waals surface area contributed by atoms with E-state index in [-0.39, 0.29) is 0 Å². The third kappa shape index (κ3) is 5.57. The molecule has 0 N–H and O–H groups in total. The van der Waals surface area contributed by atoms with Gasteiger partial charge >= 0.3 is 0 Å². The minimum absolute atomic E-state index is 0.566. The maximum absolute atomic E-state index is 5.26. The summed E-state index contributed by atoms with van der Waals surface area (Å²) in [5.74, 6) is 0. The highest BCUT2D eigenvalue weighted by Gasteiger charge is 2.05. The Bertz CT molecular complexity index is 571. The minimum Gasteiger partial charge on any atom is -0.353 e. The van der Waals surface area contributed by atoms with Crippen LogP contribution >= 0.6 is 45.1 Å². The molecular weight excluding hydrogens is 342 g/mol. The first kappa shape index (κ1) is 18.4. The van der Waals surface area contributed by atoms with E-state index in [2.05, 4.69) is 21.5 Å². The van der Waals surface area contributed by atoms with Crippen LogP contribution in [0.2, 0.25) is 0 Å². The molecule has 0 bridgehead atoms. The van der Waals surface area contributed by atoms with Crippen molar-refractivity contribution in [2.45, 2.75) is 26.3 Å². The lowest BCUT2D eigenvalue weighted by Gasteiger charge is -2.09. The Hall–Kier alpha value is -0.640. The van der Waals surface area contributed by atoms with Crippen LogP contribution in [-0.4, -0.2) is 52.8 Å². The van der Waals surface area contributed by atoms with Gasteiger partial charge in [0, 0.05) is 34.7 Å². The molecule has 0 aromatic carbocycles. The van der Waals surface area contributed by atoms with Crippen molar-refractivity contribution >= 4 is 55.3 Å². The average molecular weight is 364 g/mol. The number of nitrogens with zero attached hydrogens (tertiary/aromatic N) is 5. The molecule has 0 saturated heterocycles. The van der Waals surface area contributed by atoms with E-state index in [9.17, 15) is 0 Å². The zero-order valence-corrected chi connectivity index (χ0v) is 16.3. The third-order valence-electron chi connectivity index (χ3n) is 2.54. The molecule has 0 saturated carbocycles. The van der Waals surface area contributed by atoms with E-state index in [0.29, 0.717) is 10.2 Å². The molecule has 0 atom stereocenters. The van der Waals surface area contributed by atoms with Crippen molar-refractivity contribution in [3.05, 3.63) is 9.60 Å². The first-order chi connectivity index (χ1) is 9.86. The molecule has 0 amide bonds. The Morgan fingerprint density at radius 3 is 1.76 bits per heavy atom. The van der Waals surface area contributed by atoms with Crippen LogP contribution in [0.25, 0.3) is 0 Å². The number of hydrogen-bond acceptors (Lipinski definition) is 4. The maximum atomic E-state index is 5.26. The van der Waals surface area contributed by atoms with Crippen molar-refractivity contribution in [1.82, 2.24) is 14.4 Å². The molecular formula is C12H21N5S4. The van der Waals surface area contributed by atoms with Crippen molar-refractivity contribution < 1.29 is 0 Å². The molecule has 1 aromatic heterocycles.